The molecule has 1 amide bonds. The molecule has 1 saturated heterocycles. The average molecular weight is 350 g/mol. The van der Waals surface area contributed by atoms with E-state index in [1.165, 1.54) is 6.20 Å². The average Bonchev–Trinajstić information content (AvgIpc) is 3.01. The molecule has 0 radical (unpaired) electrons. The van der Waals surface area contributed by atoms with Crippen molar-refractivity contribution < 1.29 is 9.90 Å². The predicted molar refractivity (Wildman–Crippen MR) is 95.7 cm³/mol. The number of rotatable bonds is 3. The number of amides is 1. The second-order valence-corrected chi connectivity index (χ2v) is 6.55. The van der Waals surface area contributed by atoms with Crippen LogP contribution < -0.4 is 5.56 Å². The predicted octanol–water partition coefficient (Wildman–Crippen LogP) is 0.994. The van der Waals surface area contributed by atoms with Crippen LogP contribution in [0.3, 0.4) is 0 Å². The molecule has 0 aliphatic carbocycles. The van der Waals surface area contributed by atoms with Crippen LogP contribution in [0.2, 0.25) is 0 Å². The van der Waals surface area contributed by atoms with Crippen molar-refractivity contribution >= 4 is 16.8 Å². The third kappa shape index (κ3) is 3.21. The molecule has 7 nitrogen and oxygen atoms in total. The number of carbonyl (C=O) groups is 1. The summed E-state index contributed by atoms with van der Waals surface area (Å²) >= 11 is 0. The van der Waals surface area contributed by atoms with Crippen LogP contribution in [0, 0.1) is 5.92 Å². The number of pyridine rings is 1. The summed E-state index contributed by atoms with van der Waals surface area (Å²) in [5.41, 5.74) is 1.51. The number of hydrogen-bond acceptors (Lipinski definition) is 5. The number of aliphatic hydroxyl groups is 1. The first kappa shape index (κ1) is 16.4. The smallest absolute Gasteiger partial charge is 0.272 e. The largest absolute Gasteiger partial charge is 0.391 e. The van der Waals surface area contributed by atoms with Gasteiger partial charge in [-0.2, -0.15) is 0 Å². The summed E-state index contributed by atoms with van der Waals surface area (Å²) in [6.07, 6.45) is 2.40. The van der Waals surface area contributed by atoms with Gasteiger partial charge in [-0.1, -0.05) is 24.3 Å². The number of benzene rings is 1. The highest BCUT2D eigenvalue weighted by Crippen LogP contribution is 2.23. The van der Waals surface area contributed by atoms with Gasteiger partial charge in [-0.25, -0.2) is 0 Å². The van der Waals surface area contributed by atoms with Crippen LogP contribution in [0.1, 0.15) is 16.2 Å². The quantitative estimate of drug-likeness (QED) is 0.734. The molecule has 3 heterocycles. The molecular weight excluding hydrogens is 332 g/mol. The van der Waals surface area contributed by atoms with Gasteiger partial charge < -0.3 is 15.0 Å². The number of aliphatic hydroxyl groups excluding tert-OH is 1. The fraction of sp³-hybridized carbons (Fsp3) is 0.263. The van der Waals surface area contributed by atoms with Crippen molar-refractivity contribution in [2.24, 2.45) is 5.92 Å². The van der Waals surface area contributed by atoms with Crippen LogP contribution in [0.15, 0.2) is 53.6 Å². The number of carbonyl (C=O) groups excluding carboxylic acids is 1. The maximum absolute atomic E-state index is 12.5. The zero-order chi connectivity index (χ0) is 18.1. The van der Waals surface area contributed by atoms with E-state index in [1.54, 1.807) is 4.90 Å². The fourth-order valence-corrected chi connectivity index (χ4v) is 3.37. The second-order valence-electron chi connectivity index (χ2n) is 6.55. The van der Waals surface area contributed by atoms with Gasteiger partial charge in [0.15, 0.2) is 0 Å². The van der Waals surface area contributed by atoms with Crippen molar-refractivity contribution in [3.63, 3.8) is 0 Å². The number of aromatic nitrogens is 3. The van der Waals surface area contributed by atoms with Crippen molar-refractivity contribution in [2.45, 2.75) is 12.5 Å². The molecule has 132 valence electrons. The standard InChI is InChI=1S/C19H18N4O3/c24-17-11-23(19(26)16-8-20-9-18(25)22-16)10-13(17)7-14-6-5-12-3-1-2-4-15(12)21-14/h1-6,8-9,13,17,24H,7,10-11H2,(H,22,25)/t13-,17-/m1/s1. The van der Waals surface area contributed by atoms with Crippen molar-refractivity contribution in [1.82, 2.24) is 19.9 Å². The Kier molecular flexibility index (Phi) is 4.22. The summed E-state index contributed by atoms with van der Waals surface area (Å²) in [5.74, 6) is -0.431. The van der Waals surface area contributed by atoms with Gasteiger partial charge in [0.1, 0.15) is 5.69 Å². The lowest BCUT2D eigenvalue weighted by Gasteiger charge is -2.15. The lowest BCUT2D eigenvalue weighted by molar-refractivity contribution is 0.0758. The van der Waals surface area contributed by atoms with Gasteiger partial charge in [0.25, 0.3) is 11.5 Å². The lowest BCUT2D eigenvalue weighted by atomic mass is 9.99. The molecule has 0 unspecified atom stereocenters. The second kappa shape index (κ2) is 6.68. The Morgan fingerprint density at radius 3 is 2.88 bits per heavy atom. The number of nitrogens with zero attached hydrogens (tertiary/aromatic N) is 3. The van der Waals surface area contributed by atoms with Crippen molar-refractivity contribution in [3.05, 3.63) is 70.5 Å². The molecule has 4 rings (SSSR count). The topological polar surface area (TPSA) is 99.2 Å². The number of fused-ring (bicyclic) bond motifs is 1. The van der Waals surface area contributed by atoms with Gasteiger partial charge in [-0.3, -0.25) is 19.6 Å². The van der Waals surface area contributed by atoms with Crippen molar-refractivity contribution in [2.75, 3.05) is 13.1 Å². The molecule has 1 aliphatic rings. The molecule has 1 aromatic carbocycles. The minimum absolute atomic E-state index is 0.101. The minimum atomic E-state index is -0.629. The third-order valence-electron chi connectivity index (χ3n) is 4.70. The van der Waals surface area contributed by atoms with Crippen LogP contribution in [0.5, 0.6) is 0 Å². The zero-order valence-corrected chi connectivity index (χ0v) is 14.0. The Morgan fingerprint density at radius 1 is 1.19 bits per heavy atom. The summed E-state index contributed by atoms with van der Waals surface area (Å²) in [7, 11) is 0. The number of β-amino-alcohol motifs (C(OH)–C–C–N with tert-alkyl or cyclic N) is 1. The highest BCUT2D eigenvalue weighted by atomic mass is 16.3. The van der Waals surface area contributed by atoms with Gasteiger partial charge >= 0.3 is 0 Å². The van der Waals surface area contributed by atoms with Crippen molar-refractivity contribution in [3.8, 4) is 0 Å². The van der Waals surface area contributed by atoms with Crippen LogP contribution >= 0.6 is 0 Å². The van der Waals surface area contributed by atoms with Crippen LogP contribution in [0.4, 0.5) is 0 Å². The molecule has 3 aromatic rings. The van der Waals surface area contributed by atoms with E-state index in [9.17, 15) is 14.7 Å². The third-order valence-corrected chi connectivity index (χ3v) is 4.70. The minimum Gasteiger partial charge on any atom is -0.391 e. The van der Waals surface area contributed by atoms with Gasteiger partial charge in [0.05, 0.1) is 24.0 Å². The highest BCUT2D eigenvalue weighted by molar-refractivity contribution is 5.92. The Morgan fingerprint density at radius 2 is 2.04 bits per heavy atom. The number of H-pyrrole nitrogens is 1. The van der Waals surface area contributed by atoms with E-state index >= 15 is 0 Å². The molecule has 7 heteroatoms. The Labute approximate surface area is 149 Å². The number of likely N-dealkylation sites (tertiary alicyclic amines) is 1. The van der Waals surface area contributed by atoms with Gasteiger partial charge in [-0.15, -0.1) is 0 Å². The molecule has 0 saturated carbocycles. The van der Waals surface area contributed by atoms with E-state index in [0.717, 1.165) is 22.8 Å². The fourth-order valence-electron chi connectivity index (χ4n) is 3.37. The van der Waals surface area contributed by atoms with Gasteiger partial charge in [-0.05, 0) is 18.6 Å². The molecule has 0 spiro atoms. The van der Waals surface area contributed by atoms with E-state index < -0.39 is 11.7 Å². The molecule has 2 N–H and O–H groups in total. The van der Waals surface area contributed by atoms with E-state index in [2.05, 4.69) is 15.0 Å². The SMILES string of the molecule is O=C(c1cncc(=O)[nH]1)N1C[C@@H](Cc2ccc3ccccc3n2)[C@H](O)C1. The maximum atomic E-state index is 12.5. The van der Waals surface area contributed by atoms with Crippen LogP contribution in [-0.4, -0.2) is 50.1 Å². The summed E-state index contributed by atoms with van der Waals surface area (Å²) < 4.78 is 0. The zero-order valence-electron chi connectivity index (χ0n) is 14.0. The Balaban J connectivity index is 1.49. The number of aromatic amines is 1. The number of nitrogens with one attached hydrogen (secondary N) is 1. The van der Waals surface area contributed by atoms with Gasteiger partial charge in [0, 0.05) is 30.1 Å². The van der Waals surface area contributed by atoms with Crippen LogP contribution in [-0.2, 0) is 6.42 Å². The summed E-state index contributed by atoms with van der Waals surface area (Å²) in [5, 5.41) is 11.4. The lowest BCUT2D eigenvalue weighted by Crippen LogP contribution is -2.31. The van der Waals surface area contributed by atoms with E-state index in [4.69, 9.17) is 0 Å². The number of hydrogen-bond donors (Lipinski definition) is 2. The molecular formula is C19H18N4O3. The highest BCUT2D eigenvalue weighted by Gasteiger charge is 2.35. The van der Waals surface area contributed by atoms with Gasteiger partial charge in [0.2, 0.25) is 0 Å². The monoisotopic (exact) mass is 350 g/mol. The van der Waals surface area contributed by atoms with E-state index in [0.29, 0.717) is 13.0 Å². The molecule has 1 aliphatic heterocycles. The molecule has 0 bridgehead atoms. The molecule has 26 heavy (non-hydrogen) atoms. The molecule has 2 aromatic heterocycles. The molecule has 1 fully saturated rings. The first-order chi connectivity index (χ1) is 12.6. The van der Waals surface area contributed by atoms with Crippen molar-refractivity contribution in [1.29, 1.82) is 0 Å². The van der Waals surface area contributed by atoms with Crippen LogP contribution in [0.25, 0.3) is 10.9 Å². The summed E-state index contributed by atoms with van der Waals surface area (Å²) in [6.45, 7) is 0.638. The Hall–Kier alpha value is -3.06. The summed E-state index contributed by atoms with van der Waals surface area (Å²) in [4.78, 5) is 36.3. The number of para-hydroxylation sites is 1. The van der Waals surface area contributed by atoms with E-state index in [-0.39, 0.29) is 24.1 Å². The Bertz CT molecular complexity index is 1020. The summed E-state index contributed by atoms with van der Waals surface area (Å²) in [6, 6.07) is 11.8. The first-order valence-corrected chi connectivity index (χ1v) is 8.46. The first-order valence-electron chi connectivity index (χ1n) is 8.46. The maximum Gasteiger partial charge on any atom is 0.272 e. The normalized spacial score (nSPS) is 19.8. The van der Waals surface area contributed by atoms with E-state index in [1.807, 2.05) is 36.4 Å². The molecule has 2 atom stereocenters.